The van der Waals surface area contributed by atoms with E-state index in [9.17, 15) is 0 Å². The Morgan fingerprint density at radius 3 is 2.90 bits per heavy atom. The Balaban J connectivity index is 1.84. The van der Waals surface area contributed by atoms with Crippen molar-refractivity contribution in [2.45, 2.75) is 44.2 Å². The second-order valence-electron chi connectivity index (χ2n) is 5.34. The molecule has 8 nitrogen and oxygen atoms in total. The third-order valence-electron chi connectivity index (χ3n) is 4.00. The van der Waals surface area contributed by atoms with Crippen LogP contribution in [0.25, 0.3) is 11.6 Å². The van der Waals surface area contributed by atoms with E-state index >= 15 is 0 Å². The summed E-state index contributed by atoms with van der Waals surface area (Å²) in [5.74, 6) is 0.975. The van der Waals surface area contributed by atoms with E-state index in [-0.39, 0.29) is 0 Å². The van der Waals surface area contributed by atoms with Crippen LogP contribution in [0.3, 0.4) is 0 Å². The van der Waals surface area contributed by atoms with Gasteiger partial charge in [0, 0.05) is 13.7 Å². The van der Waals surface area contributed by atoms with Crippen LogP contribution >= 0.6 is 0 Å². The van der Waals surface area contributed by atoms with Gasteiger partial charge in [-0.15, -0.1) is 5.10 Å². The van der Waals surface area contributed by atoms with Crippen LogP contribution < -0.4 is 5.73 Å². The van der Waals surface area contributed by atoms with Gasteiger partial charge in [-0.2, -0.15) is 4.98 Å². The third-order valence-corrected chi connectivity index (χ3v) is 4.00. The van der Waals surface area contributed by atoms with Gasteiger partial charge in [-0.3, -0.25) is 4.68 Å². The molecule has 2 aromatic heterocycles. The van der Waals surface area contributed by atoms with Crippen molar-refractivity contribution in [3.8, 4) is 11.6 Å². The van der Waals surface area contributed by atoms with E-state index in [2.05, 4.69) is 20.5 Å². The number of ether oxygens (including phenoxy) is 1. The van der Waals surface area contributed by atoms with Gasteiger partial charge >= 0.3 is 0 Å². The lowest BCUT2D eigenvalue weighted by atomic mass is 9.84. The molecular weight excluding hydrogens is 272 g/mol. The summed E-state index contributed by atoms with van der Waals surface area (Å²) in [6, 6.07) is 0. The summed E-state index contributed by atoms with van der Waals surface area (Å²) in [5, 5.41) is 12.1. The molecule has 1 fully saturated rings. The van der Waals surface area contributed by atoms with Crippen molar-refractivity contribution in [2.24, 2.45) is 5.73 Å². The van der Waals surface area contributed by atoms with Gasteiger partial charge in [0.2, 0.25) is 5.82 Å². The molecule has 0 bridgehead atoms. The molecule has 0 saturated heterocycles. The number of methoxy groups -OCH3 is 1. The minimum absolute atomic E-state index is 0.371. The second kappa shape index (κ2) is 5.90. The van der Waals surface area contributed by atoms with Gasteiger partial charge < -0.3 is 15.0 Å². The van der Waals surface area contributed by atoms with Gasteiger partial charge in [0.15, 0.2) is 5.69 Å². The molecule has 0 unspecified atom stereocenters. The minimum Gasteiger partial charge on any atom is -0.370 e. The molecule has 1 aliphatic rings. The maximum Gasteiger partial charge on any atom is 0.280 e. The standard InChI is InChI=1S/C13H20N6O2/c1-20-13(5-3-2-4-6-13)12-15-11(21-17-12)10-9-19(8-7-14)18-16-10/h9H,2-8,14H2,1H3. The molecule has 8 heteroatoms. The third kappa shape index (κ3) is 2.68. The normalized spacial score (nSPS) is 18.0. The molecule has 2 heterocycles. The van der Waals surface area contributed by atoms with E-state index in [1.807, 2.05) is 0 Å². The number of hydrogen-bond acceptors (Lipinski definition) is 7. The summed E-state index contributed by atoms with van der Waals surface area (Å²) in [6.45, 7) is 1.11. The highest BCUT2D eigenvalue weighted by molar-refractivity contribution is 5.43. The topological polar surface area (TPSA) is 105 Å². The van der Waals surface area contributed by atoms with Gasteiger partial charge in [0.1, 0.15) is 5.60 Å². The van der Waals surface area contributed by atoms with Gasteiger partial charge in [-0.25, -0.2) is 0 Å². The first-order valence-corrected chi connectivity index (χ1v) is 7.27. The van der Waals surface area contributed by atoms with E-state index in [4.69, 9.17) is 15.0 Å². The first kappa shape index (κ1) is 14.2. The Morgan fingerprint density at radius 2 is 2.19 bits per heavy atom. The molecule has 0 amide bonds. The maximum atomic E-state index is 5.72. The van der Waals surface area contributed by atoms with Crippen LogP contribution in [0.4, 0.5) is 0 Å². The monoisotopic (exact) mass is 292 g/mol. The van der Waals surface area contributed by atoms with Crippen molar-refractivity contribution in [1.82, 2.24) is 25.1 Å². The summed E-state index contributed by atoms with van der Waals surface area (Å²) in [4.78, 5) is 4.47. The van der Waals surface area contributed by atoms with Crippen molar-refractivity contribution in [1.29, 1.82) is 0 Å². The van der Waals surface area contributed by atoms with E-state index in [0.29, 0.717) is 30.5 Å². The largest absolute Gasteiger partial charge is 0.370 e. The summed E-state index contributed by atoms with van der Waals surface area (Å²) in [5.41, 5.74) is 5.63. The van der Waals surface area contributed by atoms with E-state index in [1.165, 1.54) is 6.42 Å². The first-order valence-electron chi connectivity index (χ1n) is 7.27. The van der Waals surface area contributed by atoms with Gasteiger partial charge in [-0.1, -0.05) is 29.6 Å². The van der Waals surface area contributed by atoms with Crippen LogP contribution in [0.5, 0.6) is 0 Å². The van der Waals surface area contributed by atoms with Crippen LogP contribution in [0, 0.1) is 0 Å². The van der Waals surface area contributed by atoms with Crippen LogP contribution in [-0.4, -0.2) is 38.8 Å². The molecule has 2 N–H and O–H groups in total. The van der Waals surface area contributed by atoms with Crippen molar-refractivity contribution < 1.29 is 9.26 Å². The zero-order valence-corrected chi connectivity index (χ0v) is 12.2. The maximum absolute atomic E-state index is 5.72. The number of rotatable bonds is 5. The number of nitrogens with two attached hydrogens (primary N) is 1. The Bertz CT molecular complexity index is 587. The molecule has 21 heavy (non-hydrogen) atoms. The first-order chi connectivity index (χ1) is 10.3. The quantitative estimate of drug-likeness (QED) is 0.879. The lowest BCUT2D eigenvalue weighted by molar-refractivity contribution is -0.0527. The average Bonchev–Trinajstić information content (AvgIpc) is 3.17. The van der Waals surface area contributed by atoms with Gasteiger partial charge in [0.05, 0.1) is 12.7 Å². The average molecular weight is 292 g/mol. The SMILES string of the molecule is COC1(c2noc(-c3cn(CCN)nn3)n2)CCCCC1. The highest BCUT2D eigenvalue weighted by atomic mass is 16.5. The van der Waals surface area contributed by atoms with E-state index in [1.54, 1.807) is 18.0 Å². The van der Waals surface area contributed by atoms with Gasteiger partial charge in [-0.05, 0) is 12.8 Å². The second-order valence-corrected chi connectivity index (χ2v) is 5.34. The summed E-state index contributed by atoms with van der Waals surface area (Å²) >= 11 is 0. The van der Waals surface area contributed by atoms with Crippen molar-refractivity contribution in [3.63, 3.8) is 0 Å². The molecule has 1 saturated carbocycles. The molecule has 0 radical (unpaired) electrons. The number of hydrogen-bond donors (Lipinski definition) is 1. The molecule has 3 rings (SSSR count). The predicted octanol–water partition coefficient (Wildman–Crippen LogP) is 1.09. The zero-order chi connectivity index (χ0) is 14.7. The molecule has 0 spiro atoms. The lowest BCUT2D eigenvalue weighted by Crippen LogP contribution is -2.32. The molecular formula is C13H20N6O2. The summed E-state index contributed by atoms with van der Waals surface area (Å²) in [6.07, 6.45) is 7.05. The summed E-state index contributed by atoms with van der Waals surface area (Å²) < 4.78 is 12.7. The van der Waals surface area contributed by atoms with Crippen molar-refractivity contribution >= 4 is 0 Å². The van der Waals surface area contributed by atoms with Crippen molar-refractivity contribution in [2.75, 3.05) is 13.7 Å². The Hall–Kier alpha value is -1.80. The fourth-order valence-corrected chi connectivity index (χ4v) is 2.79. The Morgan fingerprint density at radius 1 is 1.38 bits per heavy atom. The highest BCUT2D eigenvalue weighted by Crippen LogP contribution is 2.38. The van der Waals surface area contributed by atoms with Gasteiger partial charge in [0.25, 0.3) is 5.89 Å². The lowest BCUT2D eigenvalue weighted by Gasteiger charge is -2.32. The predicted molar refractivity (Wildman–Crippen MR) is 74.1 cm³/mol. The number of aromatic nitrogens is 5. The molecule has 0 aliphatic heterocycles. The smallest absolute Gasteiger partial charge is 0.280 e. The zero-order valence-electron chi connectivity index (χ0n) is 12.2. The number of nitrogens with zero attached hydrogens (tertiary/aromatic N) is 5. The molecule has 1 aliphatic carbocycles. The molecule has 0 aromatic carbocycles. The highest BCUT2D eigenvalue weighted by Gasteiger charge is 2.38. The Kier molecular flexibility index (Phi) is 3.98. The fourth-order valence-electron chi connectivity index (χ4n) is 2.79. The van der Waals surface area contributed by atoms with Crippen LogP contribution in [0.1, 0.15) is 37.9 Å². The van der Waals surface area contributed by atoms with Crippen LogP contribution in [0.2, 0.25) is 0 Å². The van der Waals surface area contributed by atoms with Crippen LogP contribution in [0.15, 0.2) is 10.7 Å². The Labute approximate surface area is 122 Å². The fraction of sp³-hybridized carbons (Fsp3) is 0.692. The van der Waals surface area contributed by atoms with Crippen molar-refractivity contribution in [3.05, 3.63) is 12.0 Å². The van der Waals surface area contributed by atoms with Crippen LogP contribution in [-0.2, 0) is 16.9 Å². The molecule has 2 aromatic rings. The molecule has 0 atom stereocenters. The molecule has 114 valence electrons. The van der Waals surface area contributed by atoms with E-state index in [0.717, 1.165) is 25.7 Å². The van der Waals surface area contributed by atoms with E-state index < -0.39 is 5.60 Å². The summed E-state index contributed by atoms with van der Waals surface area (Å²) in [7, 11) is 1.71. The minimum atomic E-state index is -0.423.